The first kappa shape index (κ1) is 19.9. The fourth-order valence-electron chi connectivity index (χ4n) is 2.66. The van der Waals surface area contributed by atoms with E-state index in [1.54, 1.807) is 0 Å². The number of hydrogen-bond donors (Lipinski definition) is 1. The van der Waals surface area contributed by atoms with E-state index in [4.69, 9.17) is 33.1 Å². The maximum Gasteiger partial charge on any atom is 0.435 e. The van der Waals surface area contributed by atoms with Gasteiger partial charge < -0.3 is 9.94 Å². The van der Waals surface area contributed by atoms with Crippen molar-refractivity contribution in [2.24, 2.45) is 5.16 Å². The van der Waals surface area contributed by atoms with Crippen LogP contribution in [0.3, 0.4) is 0 Å². The minimum atomic E-state index is -4.93. The monoisotopic (exact) mass is 441 g/mol. The summed E-state index contributed by atoms with van der Waals surface area (Å²) < 4.78 is 55.3. The number of aromatic carboxylic acids is 1. The summed E-state index contributed by atoms with van der Waals surface area (Å²) in [6.45, 7) is 1.52. The Balaban J connectivity index is 2.06. The van der Waals surface area contributed by atoms with Crippen molar-refractivity contribution in [3.8, 4) is 0 Å². The van der Waals surface area contributed by atoms with Crippen molar-refractivity contribution in [1.82, 2.24) is 0 Å². The van der Waals surface area contributed by atoms with Gasteiger partial charge in [-0.3, -0.25) is 0 Å². The van der Waals surface area contributed by atoms with E-state index in [2.05, 4.69) is 5.16 Å². The third kappa shape index (κ3) is 3.28. The number of alkyl halides is 3. The van der Waals surface area contributed by atoms with Gasteiger partial charge in [-0.1, -0.05) is 28.4 Å². The second-order valence-corrected chi connectivity index (χ2v) is 7.68. The van der Waals surface area contributed by atoms with E-state index in [9.17, 15) is 22.4 Å². The van der Waals surface area contributed by atoms with Gasteiger partial charge in [-0.05, 0) is 30.7 Å². The molecule has 0 saturated heterocycles. The highest BCUT2D eigenvalue weighted by Gasteiger charge is 2.62. The fourth-order valence-corrected chi connectivity index (χ4v) is 4.14. The summed E-state index contributed by atoms with van der Waals surface area (Å²) in [6, 6.07) is 3.00. The Morgan fingerprint density at radius 2 is 1.89 bits per heavy atom. The number of hydrogen-bond acceptors (Lipinski definition) is 4. The molecular formula is C16H9Cl2F4NO3S. The summed E-state index contributed by atoms with van der Waals surface area (Å²) in [5.41, 5.74) is -3.10. The first-order valence-corrected chi connectivity index (χ1v) is 8.84. The molecule has 1 aromatic heterocycles. The molecule has 0 aliphatic carbocycles. The van der Waals surface area contributed by atoms with Crippen molar-refractivity contribution < 1.29 is 32.3 Å². The van der Waals surface area contributed by atoms with Crippen LogP contribution in [0.25, 0.3) is 0 Å². The van der Waals surface area contributed by atoms with E-state index in [0.29, 0.717) is 5.56 Å². The summed E-state index contributed by atoms with van der Waals surface area (Å²) in [4.78, 5) is 16.2. The largest absolute Gasteiger partial charge is 0.477 e. The fraction of sp³-hybridized carbons (Fsp3) is 0.250. The van der Waals surface area contributed by atoms with Gasteiger partial charge in [0.05, 0.1) is 21.3 Å². The SMILES string of the molecule is Cc1cc(C2=NOC(c3cc(Cl)c(F)c(Cl)c3)(C(F)(F)F)C2)sc1C(=O)O. The number of rotatable bonds is 3. The number of benzene rings is 1. The maximum atomic E-state index is 13.9. The van der Waals surface area contributed by atoms with Crippen LogP contribution in [0.4, 0.5) is 17.6 Å². The molecule has 1 unspecified atom stereocenters. The molecule has 2 aromatic rings. The summed E-state index contributed by atoms with van der Waals surface area (Å²) in [5, 5.41) is 11.5. The average molecular weight is 442 g/mol. The van der Waals surface area contributed by atoms with E-state index in [1.165, 1.54) is 13.0 Å². The lowest BCUT2D eigenvalue weighted by Gasteiger charge is -2.29. The zero-order valence-corrected chi connectivity index (χ0v) is 15.7. The van der Waals surface area contributed by atoms with Gasteiger partial charge in [0.1, 0.15) is 10.6 Å². The van der Waals surface area contributed by atoms with Gasteiger partial charge in [-0.15, -0.1) is 11.3 Å². The minimum absolute atomic E-state index is 0.00919. The van der Waals surface area contributed by atoms with E-state index >= 15 is 0 Å². The number of carbonyl (C=O) groups is 1. The Morgan fingerprint density at radius 1 is 1.30 bits per heavy atom. The van der Waals surface area contributed by atoms with Crippen LogP contribution >= 0.6 is 34.5 Å². The number of carboxylic acids is 1. The van der Waals surface area contributed by atoms with Gasteiger partial charge in [0, 0.05) is 5.56 Å². The standard InChI is InChI=1S/C16H9Cl2F4NO3S/c1-6-2-11(27-13(6)14(24)25)10-5-15(26-23-10,16(20,21)22)7-3-8(17)12(19)9(18)4-7/h2-4H,5H2,1H3,(H,24,25). The third-order valence-electron chi connectivity index (χ3n) is 4.03. The minimum Gasteiger partial charge on any atom is -0.477 e. The third-order valence-corrected chi connectivity index (χ3v) is 5.86. The Morgan fingerprint density at radius 3 is 2.37 bits per heavy atom. The Hall–Kier alpha value is -1.84. The predicted molar refractivity (Wildman–Crippen MR) is 92.4 cm³/mol. The van der Waals surface area contributed by atoms with Gasteiger partial charge in [0.25, 0.3) is 5.60 Å². The zero-order valence-electron chi connectivity index (χ0n) is 13.3. The molecule has 0 amide bonds. The lowest BCUT2D eigenvalue weighted by atomic mass is 9.87. The topological polar surface area (TPSA) is 58.9 Å². The lowest BCUT2D eigenvalue weighted by Crippen LogP contribution is -2.42. The molecule has 144 valence electrons. The summed E-state index contributed by atoms with van der Waals surface area (Å²) in [7, 11) is 0. The van der Waals surface area contributed by atoms with Gasteiger partial charge in [-0.25, -0.2) is 9.18 Å². The molecule has 0 spiro atoms. The van der Waals surface area contributed by atoms with Crippen LogP contribution in [-0.4, -0.2) is 23.0 Å². The smallest absolute Gasteiger partial charge is 0.435 e. The molecule has 4 nitrogen and oxygen atoms in total. The van der Waals surface area contributed by atoms with Crippen molar-refractivity contribution in [3.05, 3.63) is 54.9 Å². The van der Waals surface area contributed by atoms with Crippen LogP contribution in [-0.2, 0) is 10.4 Å². The van der Waals surface area contributed by atoms with E-state index in [-0.39, 0.29) is 15.5 Å². The highest BCUT2D eigenvalue weighted by atomic mass is 35.5. The molecule has 1 aliphatic rings. The Bertz CT molecular complexity index is 950. The molecular weight excluding hydrogens is 433 g/mol. The van der Waals surface area contributed by atoms with Crippen molar-refractivity contribution in [2.45, 2.75) is 25.1 Å². The second-order valence-electron chi connectivity index (χ2n) is 5.81. The normalized spacial score (nSPS) is 19.7. The highest BCUT2D eigenvalue weighted by molar-refractivity contribution is 7.16. The summed E-state index contributed by atoms with van der Waals surface area (Å²) >= 11 is 12.1. The van der Waals surface area contributed by atoms with Gasteiger partial charge >= 0.3 is 12.1 Å². The molecule has 1 atom stereocenters. The van der Waals surface area contributed by atoms with Crippen LogP contribution in [0.2, 0.25) is 10.0 Å². The Labute approximate surface area is 164 Å². The molecule has 1 N–H and O–H groups in total. The zero-order chi connectivity index (χ0) is 20.1. The number of aryl methyl sites for hydroxylation is 1. The molecule has 0 fully saturated rings. The van der Waals surface area contributed by atoms with E-state index in [1.807, 2.05) is 0 Å². The first-order chi connectivity index (χ1) is 12.5. The number of oxime groups is 1. The summed E-state index contributed by atoms with van der Waals surface area (Å²) in [6.07, 6.45) is -5.67. The number of thiophene rings is 1. The van der Waals surface area contributed by atoms with Crippen LogP contribution in [0.1, 0.15) is 32.1 Å². The molecule has 2 heterocycles. The molecule has 11 heteroatoms. The molecule has 0 bridgehead atoms. The van der Waals surface area contributed by atoms with E-state index < -0.39 is 45.6 Å². The molecule has 1 aromatic carbocycles. The molecule has 0 radical (unpaired) electrons. The van der Waals surface area contributed by atoms with Gasteiger partial charge in [-0.2, -0.15) is 13.2 Å². The summed E-state index contributed by atoms with van der Waals surface area (Å²) in [5.74, 6) is -2.24. The number of nitrogens with zero attached hydrogens (tertiary/aromatic N) is 1. The van der Waals surface area contributed by atoms with Gasteiger partial charge in [0.2, 0.25) is 0 Å². The quantitative estimate of drug-likeness (QED) is 0.484. The van der Waals surface area contributed by atoms with E-state index in [0.717, 1.165) is 23.5 Å². The average Bonchev–Trinajstić information content (AvgIpc) is 3.16. The van der Waals surface area contributed by atoms with Crippen LogP contribution in [0.15, 0.2) is 23.4 Å². The predicted octanol–water partition coefficient (Wildman–Crippen LogP) is 5.78. The molecule has 1 aliphatic heterocycles. The molecule has 27 heavy (non-hydrogen) atoms. The van der Waals surface area contributed by atoms with Crippen LogP contribution in [0, 0.1) is 12.7 Å². The van der Waals surface area contributed by atoms with Crippen molar-refractivity contribution in [1.29, 1.82) is 0 Å². The Kier molecular flexibility index (Phi) is 4.90. The van der Waals surface area contributed by atoms with Crippen LogP contribution < -0.4 is 0 Å². The highest BCUT2D eigenvalue weighted by Crippen LogP contribution is 2.50. The second kappa shape index (κ2) is 6.65. The molecule has 3 rings (SSSR count). The van der Waals surface area contributed by atoms with Crippen molar-refractivity contribution in [2.75, 3.05) is 0 Å². The number of carboxylic acid groups (broad SMARTS) is 1. The van der Waals surface area contributed by atoms with Crippen molar-refractivity contribution >= 4 is 46.2 Å². The van der Waals surface area contributed by atoms with Crippen LogP contribution in [0.5, 0.6) is 0 Å². The lowest BCUT2D eigenvalue weighted by molar-refractivity contribution is -0.275. The molecule has 0 saturated carbocycles. The first-order valence-electron chi connectivity index (χ1n) is 7.27. The van der Waals surface area contributed by atoms with Crippen molar-refractivity contribution in [3.63, 3.8) is 0 Å². The van der Waals surface area contributed by atoms with Gasteiger partial charge in [0.15, 0.2) is 5.82 Å². The maximum absolute atomic E-state index is 13.9. The number of halogens is 6.